The van der Waals surface area contributed by atoms with Crippen molar-refractivity contribution in [1.82, 2.24) is 5.16 Å². The number of nitrogens with zero attached hydrogens (tertiary/aromatic N) is 1. The molecule has 1 amide bonds. The third kappa shape index (κ3) is 4.39. The average Bonchev–Trinajstić information content (AvgIpc) is 3.36. The van der Waals surface area contributed by atoms with E-state index in [2.05, 4.69) is 15.8 Å². The van der Waals surface area contributed by atoms with Crippen LogP contribution in [0, 0.1) is 0 Å². The lowest BCUT2D eigenvalue weighted by Gasteiger charge is -2.17. The highest BCUT2D eigenvalue weighted by Crippen LogP contribution is 2.37. The zero-order valence-corrected chi connectivity index (χ0v) is 15.8. The second-order valence-electron chi connectivity index (χ2n) is 7.34. The topological polar surface area (TPSA) is 76.4 Å². The Morgan fingerprint density at radius 3 is 2.79 bits per heavy atom. The standard InChI is InChI=1S/C20H22F3N3O3/c21-20(22,23)14-10-12(25-19(27)18-6-3-9-28-18)7-8-15(14)24-11-16-13-4-1-2-5-17(13)29-26-16/h7-8,10,18,24H,1-6,9,11H2,(H,25,27). The number of fused-ring (bicyclic) bond motifs is 1. The van der Waals surface area contributed by atoms with Gasteiger partial charge < -0.3 is 19.9 Å². The fourth-order valence-electron chi connectivity index (χ4n) is 3.78. The van der Waals surface area contributed by atoms with Gasteiger partial charge in [-0.15, -0.1) is 0 Å². The fraction of sp³-hybridized carbons (Fsp3) is 0.500. The van der Waals surface area contributed by atoms with Crippen molar-refractivity contribution >= 4 is 17.3 Å². The van der Waals surface area contributed by atoms with Gasteiger partial charge in [-0.1, -0.05) is 5.16 Å². The van der Waals surface area contributed by atoms with Crippen LogP contribution in [0.3, 0.4) is 0 Å². The Morgan fingerprint density at radius 1 is 1.21 bits per heavy atom. The van der Waals surface area contributed by atoms with Crippen LogP contribution in [0.5, 0.6) is 0 Å². The molecule has 29 heavy (non-hydrogen) atoms. The van der Waals surface area contributed by atoms with E-state index in [0.717, 1.165) is 49.5 Å². The molecule has 1 aromatic carbocycles. The minimum atomic E-state index is -4.57. The largest absolute Gasteiger partial charge is 0.418 e. The van der Waals surface area contributed by atoms with E-state index in [9.17, 15) is 18.0 Å². The number of ether oxygens (including phenoxy) is 1. The van der Waals surface area contributed by atoms with Gasteiger partial charge in [0, 0.05) is 30.0 Å². The number of aryl methyl sites for hydroxylation is 1. The number of halogens is 3. The molecule has 0 spiro atoms. The first-order valence-electron chi connectivity index (χ1n) is 9.75. The van der Waals surface area contributed by atoms with Crippen LogP contribution in [0.4, 0.5) is 24.5 Å². The molecule has 2 aliphatic rings. The van der Waals surface area contributed by atoms with Crippen LogP contribution in [0.2, 0.25) is 0 Å². The van der Waals surface area contributed by atoms with Crippen molar-refractivity contribution < 1.29 is 27.2 Å². The minimum absolute atomic E-state index is 0.0693. The molecule has 0 bridgehead atoms. The van der Waals surface area contributed by atoms with Gasteiger partial charge in [0.1, 0.15) is 17.6 Å². The predicted molar refractivity (Wildman–Crippen MR) is 99.5 cm³/mol. The van der Waals surface area contributed by atoms with Gasteiger partial charge in [-0.3, -0.25) is 4.79 Å². The molecule has 0 saturated carbocycles. The lowest BCUT2D eigenvalue weighted by Crippen LogP contribution is -2.27. The molecule has 1 atom stereocenters. The highest BCUT2D eigenvalue weighted by molar-refractivity contribution is 5.94. The fourth-order valence-corrected chi connectivity index (χ4v) is 3.78. The van der Waals surface area contributed by atoms with Crippen molar-refractivity contribution in [2.24, 2.45) is 0 Å². The van der Waals surface area contributed by atoms with Crippen molar-refractivity contribution in [1.29, 1.82) is 0 Å². The first kappa shape index (κ1) is 19.8. The zero-order valence-electron chi connectivity index (χ0n) is 15.8. The van der Waals surface area contributed by atoms with Crippen molar-refractivity contribution in [3.63, 3.8) is 0 Å². The molecule has 1 aliphatic carbocycles. The van der Waals surface area contributed by atoms with Crippen LogP contribution in [-0.2, 0) is 35.1 Å². The highest BCUT2D eigenvalue weighted by Gasteiger charge is 2.34. The van der Waals surface area contributed by atoms with E-state index in [0.29, 0.717) is 18.7 Å². The van der Waals surface area contributed by atoms with E-state index in [-0.39, 0.29) is 17.9 Å². The SMILES string of the molecule is O=C(Nc1ccc(NCc2noc3c2CCCC3)c(C(F)(F)F)c1)C1CCCO1. The van der Waals surface area contributed by atoms with Gasteiger partial charge in [-0.2, -0.15) is 13.2 Å². The quantitative estimate of drug-likeness (QED) is 0.770. The Kier molecular flexibility index (Phi) is 5.49. The van der Waals surface area contributed by atoms with E-state index in [4.69, 9.17) is 9.26 Å². The van der Waals surface area contributed by atoms with E-state index in [1.54, 1.807) is 0 Å². The number of carbonyl (C=O) groups excluding carboxylic acids is 1. The summed E-state index contributed by atoms with van der Waals surface area (Å²) < 4.78 is 51.4. The highest BCUT2D eigenvalue weighted by atomic mass is 19.4. The number of rotatable bonds is 5. The number of anilines is 2. The van der Waals surface area contributed by atoms with Gasteiger partial charge in [-0.05, 0) is 50.3 Å². The monoisotopic (exact) mass is 409 g/mol. The molecule has 2 N–H and O–H groups in total. The molecule has 1 aromatic heterocycles. The average molecular weight is 409 g/mol. The van der Waals surface area contributed by atoms with Crippen molar-refractivity contribution in [2.75, 3.05) is 17.2 Å². The van der Waals surface area contributed by atoms with Crippen molar-refractivity contribution in [3.05, 3.63) is 40.8 Å². The van der Waals surface area contributed by atoms with Gasteiger partial charge in [0.05, 0.1) is 12.1 Å². The molecule has 1 saturated heterocycles. The maximum absolute atomic E-state index is 13.6. The molecule has 1 unspecified atom stereocenters. The lowest BCUT2D eigenvalue weighted by atomic mass is 9.96. The van der Waals surface area contributed by atoms with E-state index < -0.39 is 23.8 Å². The molecule has 156 valence electrons. The summed E-state index contributed by atoms with van der Waals surface area (Å²) in [5.74, 6) is 0.404. The van der Waals surface area contributed by atoms with Gasteiger partial charge in [0.15, 0.2) is 0 Å². The van der Waals surface area contributed by atoms with Crippen LogP contribution >= 0.6 is 0 Å². The molecule has 0 radical (unpaired) electrons. The third-order valence-electron chi connectivity index (χ3n) is 5.29. The Bertz CT molecular complexity index is 889. The van der Waals surface area contributed by atoms with Gasteiger partial charge in [0.2, 0.25) is 0 Å². The Balaban J connectivity index is 1.50. The smallest absolute Gasteiger partial charge is 0.379 e. The molecular formula is C20H22F3N3O3. The molecule has 2 aromatic rings. The number of aromatic nitrogens is 1. The Hall–Kier alpha value is -2.55. The summed E-state index contributed by atoms with van der Waals surface area (Å²) in [6, 6.07) is 3.70. The summed E-state index contributed by atoms with van der Waals surface area (Å²) in [6.45, 7) is 0.629. The molecule has 9 heteroatoms. The molecule has 6 nitrogen and oxygen atoms in total. The van der Waals surface area contributed by atoms with E-state index >= 15 is 0 Å². The maximum Gasteiger partial charge on any atom is 0.418 e. The Morgan fingerprint density at radius 2 is 2.03 bits per heavy atom. The predicted octanol–water partition coefficient (Wildman–Crippen LogP) is 4.30. The first-order chi connectivity index (χ1) is 13.9. The molecule has 2 heterocycles. The summed E-state index contributed by atoms with van der Waals surface area (Å²) in [6.07, 6.45) is -0.150. The third-order valence-corrected chi connectivity index (χ3v) is 5.29. The number of hydrogen-bond acceptors (Lipinski definition) is 5. The van der Waals surface area contributed by atoms with Gasteiger partial charge in [0.25, 0.3) is 5.91 Å². The van der Waals surface area contributed by atoms with Crippen molar-refractivity contribution in [3.8, 4) is 0 Å². The zero-order chi connectivity index (χ0) is 20.4. The summed E-state index contributed by atoms with van der Waals surface area (Å²) in [4.78, 5) is 12.1. The summed E-state index contributed by atoms with van der Waals surface area (Å²) in [7, 11) is 0. The van der Waals surface area contributed by atoms with Gasteiger partial charge >= 0.3 is 6.18 Å². The van der Waals surface area contributed by atoms with Crippen LogP contribution in [0.1, 0.15) is 48.3 Å². The van der Waals surface area contributed by atoms with Crippen LogP contribution < -0.4 is 10.6 Å². The van der Waals surface area contributed by atoms with Crippen LogP contribution in [0.25, 0.3) is 0 Å². The number of hydrogen-bond donors (Lipinski definition) is 2. The first-order valence-corrected chi connectivity index (χ1v) is 9.75. The van der Waals surface area contributed by atoms with Crippen LogP contribution in [0.15, 0.2) is 22.7 Å². The normalized spacial score (nSPS) is 19.1. The molecule has 4 rings (SSSR count). The van der Waals surface area contributed by atoms with Crippen LogP contribution in [-0.4, -0.2) is 23.8 Å². The summed E-state index contributed by atoms with van der Waals surface area (Å²) in [5, 5.41) is 9.36. The second kappa shape index (κ2) is 8.06. The summed E-state index contributed by atoms with van der Waals surface area (Å²) in [5.41, 5.74) is 0.809. The van der Waals surface area contributed by atoms with Crippen molar-refractivity contribution in [2.45, 2.75) is 57.3 Å². The number of benzene rings is 1. The maximum atomic E-state index is 13.6. The number of nitrogens with one attached hydrogen (secondary N) is 2. The molecular weight excluding hydrogens is 387 g/mol. The number of carbonyl (C=O) groups is 1. The minimum Gasteiger partial charge on any atom is -0.379 e. The summed E-state index contributed by atoms with van der Waals surface area (Å²) >= 11 is 0. The molecule has 1 aliphatic heterocycles. The number of amides is 1. The van der Waals surface area contributed by atoms with E-state index in [1.165, 1.54) is 12.1 Å². The van der Waals surface area contributed by atoms with E-state index in [1.807, 2.05) is 0 Å². The second-order valence-corrected chi connectivity index (χ2v) is 7.34. The lowest BCUT2D eigenvalue weighted by molar-refractivity contribution is -0.137. The number of alkyl halides is 3. The Labute approximate surface area is 165 Å². The van der Waals surface area contributed by atoms with Gasteiger partial charge in [-0.25, -0.2) is 0 Å². The molecule has 1 fully saturated rings.